The molecule has 0 spiro atoms. The number of nitrogens with one attached hydrogen (secondary N) is 1. The van der Waals surface area contributed by atoms with Crippen LogP contribution >= 0.6 is 0 Å². The molecule has 3 heterocycles. The highest BCUT2D eigenvalue weighted by molar-refractivity contribution is 5.93. The number of rotatable bonds is 4. The molecule has 5 rings (SSSR count). The molecule has 1 atom stereocenters. The summed E-state index contributed by atoms with van der Waals surface area (Å²) in [4.78, 5) is 6.71. The van der Waals surface area contributed by atoms with Crippen molar-refractivity contribution >= 4 is 22.3 Å². The Balaban J connectivity index is 1.47. The van der Waals surface area contributed by atoms with Gasteiger partial charge in [0.1, 0.15) is 12.2 Å². The fraction of sp³-hybridized carbons (Fsp3) is 0.304. The van der Waals surface area contributed by atoms with E-state index in [1.165, 1.54) is 16.7 Å². The van der Waals surface area contributed by atoms with Gasteiger partial charge in [0.05, 0.1) is 25.3 Å². The lowest BCUT2D eigenvalue weighted by molar-refractivity contribution is 0.513. The molecule has 7 nitrogen and oxygen atoms in total. The van der Waals surface area contributed by atoms with E-state index >= 15 is 0 Å². The maximum atomic E-state index is 4.43. The molecule has 2 aromatic heterocycles. The molecule has 0 unspecified atom stereocenters. The quantitative estimate of drug-likeness (QED) is 0.559. The summed E-state index contributed by atoms with van der Waals surface area (Å²) in [7, 11) is 0. The highest BCUT2D eigenvalue weighted by Gasteiger charge is 2.19. The normalized spacial score (nSPS) is 14.6. The lowest BCUT2D eigenvalue weighted by atomic mass is 9.98. The van der Waals surface area contributed by atoms with Crippen molar-refractivity contribution in [1.82, 2.24) is 25.0 Å². The summed E-state index contributed by atoms with van der Waals surface area (Å²) in [5.41, 5.74) is 5.04. The van der Waals surface area contributed by atoms with Crippen molar-refractivity contribution in [2.24, 2.45) is 0 Å². The largest absolute Gasteiger partial charge is 0.362 e. The second-order valence-electron chi connectivity index (χ2n) is 7.94. The topological polar surface area (TPSA) is 71.8 Å². The van der Waals surface area contributed by atoms with Gasteiger partial charge in [-0.05, 0) is 49.6 Å². The average molecular weight is 400 g/mol. The predicted octanol–water partition coefficient (Wildman–Crippen LogP) is 4.03. The summed E-state index contributed by atoms with van der Waals surface area (Å²) >= 11 is 0. The van der Waals surface area contributed by atoms with Crippen LogP contribution in [0, 0.1) is 13.8 Å². The third-order valence-electron chi connectivity index (χ3n) is 6.09. The molecular formula is C23H25N7. The molecule has 0 bridgehead atoms. The van der Waals surface area contributed by atoms with Crippen LogP contribution in [0.4, 0.5) is 11.5 Å². The highest BCUT2D eigenvalue weighted by atomic mass is 15.4. The van der Waals surface area contributed by atoms with Gasteiger partial charge in [0.15, 0.2) is 5.82 Å². The SMILES string of the molecule is Cc1cccc([C@@H](C)Nc2nncc3ccc(N4CCn5ncnc5C4)cc23)c1C. The van der Waals surface area contributed by atoms with Crippen LogP contribution in [0.5, 0.6) is 0 Å². The monoisotopic (exact) mass is 399 g/mol. The number of anilines is 2. The van der Waals surface area contributed by atoms with E-state index in [1.54, 1.807) is 6.33 Å². The number of nitrogens with zero attached hydrogens (tertiary/aromatic N) is 6. The van der Waals surface area contributed by atoms with Gasteiger partial charge in [-0.2, -0.15) is 10.2 Å². The first-order valence-electron chi connectivity index (χ1n) is 10.3. The number of aromatic nitrogens is 5. The number of hydrogen-bond donors (Lipinski definition) is 1. The first-order valence-corrected chi connectivity index (χ1v) is 10.3. The van der Waals surface area contributed by atoms with Crippen molar-refractivity contribution in [1.29, 1.82) is 0 Å². The number of hydrogen-bond acceptors (Lipinski definition) is 6. The van der Waals surface area contributed by atoms with Gasteiger partial charge in [-0.3, -0.25) is 0 Å². The fourth-order valence-electron chi connectivity index (χ4n) is 4.18. The zero-order valence-corrected chi connectivity index (χ0v) is 17.5. The van der Waals surface area contributed by atoms with Gasteiger partial charge >= 0.3 is 0 Å². The van der Waals surface area contributed by atoms with Gasteiger partial charge < -0.3 is 10.2 Å². The molecule has 0 saturated carbocycles. The molecule has 152 valence electrons. The number of benzene rings is 2. The predicted molar refractivity (Wildman–Crippen MR) is 119 cm³/mol. The molecule has 1 aliphatic heterocycles. The van der Waals surface area contributed by atoms with Crippen molar-refractivity contribution in [3.63, 3.8) is 0 Å². The van der Waals surface area contributed by atoms with Gasteiger partial charge in [0.2, 0.25) is 0 Å². The van der Waals surface area contributed by atoms with E-state index in [0.29, 0.717) is 0 Å². The molecule has 0 radical (unpaired) electrons. The lowest BCUT2D eigenvalue weighted by Gasteiger charge is -2.29. The Morgan fingerprint density at radius 1 is 1.10 bits per heavy atom. The van der Waals surface area contributed by atoms with Gasteiger partial charge in [-0.15, -0.1) is 5.10 Å². The van der Waals surface area contributed by atoms with E-state index in [1.807, 2.05) is 10.9 Å². The minimum atomic E-state index is 0.127. The van der Waals surface area contributed by atoms with Gasteiger partial charge in [0.25, 0.3) is 0 Å². The smallest absolute Gasteiger partial charge is 0.157 e. The molecule has 0 fully saturated rings. The first kappa shape index (κ1) is 18.5. The van der Waals surface area contributed by atoms with Gasteiger partial charge in [-0.1, -0.05) is 24.3 Å². The summed E-state index contributed by atoms with van der Waals surface area (Å²) in [5.74, 6) is 1.80. The molecule has 7 heteroatoms. The van der Waals surface area contributed by atoms with Gasteiger partial charge in [0, 0.05) is 23.0 Å². The maximum absolute atomic E-state index is 4.43. The Kier molecular flexibility index (Phi) is 4.58. The molecule has 0 amide bonds. The summed E-state index contributed by atoms with van der Waals surface area (Å²) < 4.78 is 1.97. The lowest BCUT2D eigenvalue weighted by Crippen LogP contribution is -2.34. The second kappa shape index (κ2) is 7.40. The molecule has 0 saturated heterocycles. The van der Waals surface area contributed by atoms with Gasteiger partial charge in [-0.25, -0.2) is 9.67 Å². The number of aryl methyl sites for hydroxylation is 1. The molecule has 2 aromatic carbocycles. The van der Waals surface area contributed by atoms with Crippen LogP contribution in [0.3, 0.4) is 0 Å². The van der Waals surface area contributed by atoms with Crippen LogP contribution in [-0.4, -0.2) is 31.5 Å². The van der Waals surface area contributed by atoms with Crippen LogP contribution in [0.15, 0.2) is 48.9 Å². The van der Waals surface area contributed by atoms with Crippen molar-refractivity contribution in [2.45, 2.75) is 39.9 Å². The molecular weight excluding hydrogens is 374 g/mol. The number of fused-ring (bicyclic) bond motifs is 2. The Bertz CT molecular complexity index is 1210. The van der Waals surface area contributed by atoms with E-state index in [-0.39, 0.29) is 6.04 Å². The zero-order chi connectivity index (χ0) is 20.7. The molecule has 30 heavy (non-hydrogen) atoms. The summed E-state index contributed by atoms with van der Waals surface area (Å²) in [6.07, 6.45) is 3.45. The first-order chi connectivity index (χ1) is 14.6. The third-order valence-corrected chi connectivity index (χ3v) is 6.09. The Hall–Kier alpha value is -3.48. The van der Waals surface area contributed by atoms with E-state index in [9.17, 15) is 0 Å². The average Bonchev–Trinajstić information content (AvgIpc) is 3.23. The van der Waals surface area contributed by atoms with E-state index < -0.39 is 0 Å². The molecule has 1 N–H and O–H groups in total. The molecule has 0 aliphatic carbocycles. The van der Waals surface area contributed by atoms with E-state index in [4.69, 9.17) is 0 Å². The van der Waals surface area contributed by atoms with E-state index in [0.717, 1.165) is 47.7 Å². The fourth-order valence-corrected chi connectivity index (χ4v) is 4.18. The Morgan fingerprint density at radius 2 is 2.00 bits per heavy atom. The van der Waals surface area contributed by atoms with Crippen LogP contribution < -0.4 is 10.2 Å². The standard InChI is InChI=1S/C23H25N7/c1-15-5-4-6-20(16(15)2)17(3)27-23-21-11-19(8-7-18(21)12-25-28-23)29-9-10-30-22(13-29)24-14-26-30/h4-8,11-12,14,17H,9-10,13H2,1-3H3,(H,27,28)/t17-/m1/s1. The van der Waals surface area contributed by atoms with Crippen LogP contribution in [-0.2, 0) is 13.1 Å². The third kappa shape index (κ3) is 3.26. The van der Waals surface area contributed by atoms with Crippen LogP contribution in [0.2, 0.25) is 0 Å². The summed E-state index contributed by atoms with van der Waals surface area (Å²) in [5, 5.41) is 18.7. The zero-order valence-electron chi connectivity index (χ0n) is 17.5. The molecule has 4 aromatic rings. The van der Waals surface area contributed by atoms with Crippen LogP contribution in [0.25, 0.3) is 10.8 Å². The highest BCUT2D eigenvalue weighted by Crippen LogP contribution is 2.30. The van der Waals surface area contributed by atoms with Crippen molar-refractivity contribution < 1.29 is 0 Å². The minimum Gasteiger partial charge on any atom is -0.362 e. The summed E-state index contributed by atoms with van der Waals surface area (Å²) in [6.45, 7) is 8.99. The van der Waals surface area contributed by atoms with Crippen LogP contribution in [0.1, 0.15) is 35.5 Å². The van der Waals surface area contributed by atoms with Crippen molar-refractivity contribution in [3.05, 3.63) is 71.4 Å². The van der Waals surface area contributed by atoms with Crippen molar-refractivity contribution in [3.8, 4) is 0 Å². The minimum absolute atomic E-state index is 0.127. The Morgan fingerprint density at radius 3 is 2.90 bits per heavy atom. The maximum Gasteiger partial charge on any atom is 0.157 e. The molecule has 1 aliphatic rings. The second-order valence-corrected chi connectivity index (χ2v) is 7.94. The Labute approximate surface area is 175 Å². The van der Waals surface area contributed by atoms with Crippen molar-refractivity contribution in [2.75, 3.05) is 16.8 Å². The summed E-state index contributed by atoms with van der Waals surface area (Å²) in [6, 6.07) is 13.0. The van der Waals surface area contributed by atoms with E-state index in [2.05, 4.69) is 87.7 Å².